The van der Waals surface area contributed by atoms with E-state index in [2.05, 4.69) is 46.6 Å². The summed E-state index contributed by atoms with van der Waals surface area (Å²) in [6, 6.07) is 8.86. The molecule has 0 aliphatic carbocycles. The molecular formula is C21H26N4O. The molecule has 0 saturated carbocycles. The molecule has 5 heteroatoms. The van der Waals surface area contributed by atoms with Crippen LogP contribution < -0.4 is 9.64 Å². The van der Waals surface area contributed by atoms with E-state index in [0.717, 1.165) is 41.9 Å². The van der Waals surface area contributed by atoms with Crippen molar-refractivity contribution in [3.63, 3.8) is 0 Å². The maximum atomic E-state index is 5.54. The van der Waals surface area contributed by atoms with Crippen molar-refractivity contribution in [3.05, 3.63) is 48.2 Å². The number of anilines is 1. The maximum Gasteiger partial charge on any atom is 0.145 e. The molecule has 1 atom stereocenters. The number of hydrogen-bond donors (Lipinski definition) is 0. The molecule has 3 heterocycles. The number of benzene rings is 1. The third-order valence-corrected chi connectivity index (χ3v) is 5.32. The summed E-state index contributed by atoms with van der Waals surface area (Å²) in [4.78, 5) is 11.7. The zero-order valence-electron chi connectivity index (χ0n) is 15.8. The zero-order chi connectivity index (χ0) is 18.1. The quantitative estimate of drug-likeness (QED) is 0.709. The fourth-order valence-electron chi connectivity index (χ4n) is 4.11. The van der Waals surface area contributed by atoms with Gasteiger partial charge in [0.05, 0.1) is 13.2 Å². The number of aromatic nitrogens is 3. The van der Waals surface area contributed by atoms with E-state index in [9.17, 15) is 0 Å². The highest BCUT2D eigenvalue weighted by molar-refractivity contribution is 5.95. The highest BCUT2D eigenvalue weighted by Gasteiger charge is 2.24. The molecule has 136 valence electrons. The molecule has 1 saturated heterocycles. The normalized spacial score (nSPS) is 17.7. The van der Waals surface area contributed by atoms with Crippen molar-refractivity contribution < 1.29 is 4.74 Å². The van der Waals surface area contributed by atoms with Gasteiger partial charge in [-0.1, -0.05) is 19.1 Å². The van der Waals surface area contributed by atoms with Gasteiger partial charge in [-0.05, 0) is 31.9 Å². The van der Waals surface area contributed by atoms with Gasteiger partial charge in [-0.15, -0.1) is 0 Å². The Morgan fingerprint density at radius 2 is 2.19 bits per heavy atom. The topological polar surface area (TPSA) is 43.2 Å². The Morgan fingerprint density at radius 3 is 3.00 bits per heavy atom. The molecule has 3 aromatic rings. The summed E-state index contributed by atoms with van der Waals surface area (Å²) in [5.41, 5.74) is 3.23. The predicted molar refractivity (Wildman–Crippen MR) is 105 cm³/mol. The molecule has 2 aromatic heterocycles. The zero-order valence-corrected chi connectivity index (χ0v) is 15.8. The summed E-state index contributed by atoms with van der Waals surface area (Å²) < 4.78 is 7.91. The lowest BCUT2D eigenvalue weighted by Crippen LogP contribution is -2.37. The predicted octanol–water partition coefficient (Wildman–Crippen LogP) is 4.15. The summed E-state index contributed by atoms with van der Waals surface area (Å²) in [5, 5.41) is 1.16. The van der Waals surface area contributed by atoms with E-state index in [1.807, 2.05) is 18.3 Å². The lowest BCUT2D eigenvalue weighted by molar-refractivity contribution is 0.396. The number of nitrogens with zero attached hydrogens (tertiary/aromatic N) is 4. The van der Waals surface area contributed by atoms with E-state index in [1.54, 1.807) is 7.11 Å². The number of aryl methyl sites for hydroxylation is 2. The molecule has 0 spiro atoms. The third kappa shape index (κ3) is 2.91. The number of ether oxygens (including phenoxy) is 1. The average molecular weight is 350 g/mol. The van der Waals surface area contributed by atoms with Gasteiger partial charge in [-0.25, -0.2) is 9.97 Å². The molecule has 1 aliphatic heterocycles. The van der Waals surface area contributed by atoms with Crippen molar-refractivity contribution in [1.82, 2.24) is 14.5 Å². The van der Waals surface area contributed by atoms with Gasteiger partial charge in [0.15, 0.2) is 0 Å². The summed E-state index contributed by atoms with van der Waals surface area (Å²) >= 11 is 0. The summed E-state index contributed by atoms with van der Waals surface area (Å²) in [5.74, 6) is 2.01. The number of piperidine rings is 1. The van der Waals surface area contributed by atoms with Crippen LogP contribution in [0.3, 0.4) is 0 Å². The lowest BCUT2D eigenvalue weighted by atomic mass is 10.0. The van der Waals surface area contributed by atoms with E-state index in [4.69, 9.17) is 9.72 Å². The number of pyridine rings is 1. The summed E-state index contributed by atoms with van der Waals surface area (Å²) in [6.07, 6.45) is 7.41. The van der Waals surface area contributed by atoms with Gasteiger partial charge in [0.25, 0.3) is 0 Å². The summed E-state index contributed by atoms with van der Waals surface area (Å²) in [7, 11) is 1.71. The van der Waals surface area contributed by atoms with Gasteiger partial charge in [0, 0.05) is 48.7 Å². The number of fused-ring (bicyclic) bond motifs is 1. The minimum absolute atomic E-state index is 0.468. The second kappa shape index (κ2) is 6.98. The van der Waals surface area contributed by atoms with Crippen LogP contribution in [0, 0.1) is 6.92 Å². The smallest absolute Gasteiger partial charge is 0.145 e. The molecule has 0 amide bonds. The van der Waals surface area contributed by atoms with E-state index >= 15 is 0 Å². The molecule has 26 heavy (non-hydrogen) atoms. The Kier molecular flexibility index (Phi) is 4.53. The average Bonchev–Trinajstić information content (AvgIpc) is 3.16. The van der Waals surface area contributed by atoms with Crippen LogP contribution >= 0.6 is 0 Å². The molecule has 1 aliphatic rings. The first-order chi connectivity index (χ1) is 12.7. The fraction of sp³-hybridized carbons (Fsp3) is 0.429. The minimum atomic E-state index is 0.468. The van der Waals surface area contributed by atoms with E-state index in [1.165, 1.54) is 24.4 Å². The SMILES string of the molecule is CCc1nccn1C1CCCN(c2cc(C)nc3c(OC)cccc23)C1. The van der Waals surface area contributed by atoms with Crippen molar-refractivity contribution in [2.45, 2.75) is 39.2 Å². The first kappa shape index (κ1) is 16.9. The fourth-order valence-corrected chi connectivity index (χ4v) is 4.11. The Hall–Kier alpha value is -2.56. The Morgan fingerprint density at radius 1 is 1.31 bits per heavy atom. The van der Waals surface area contributed by atoms with Gasteiger partial charge in [0.1, 0.15) is 17.1 Å². The van der Waals surface area contributed by atoms with E-state index < -0.39 is 0 Å². The molecular weight excluding hydrogens is 324 g/mol. The first-order valence-corrected chi connectivity index (χ1v) is 9.42. The number of rotatable bonds is 4. The standard InChI is InChI=1S/C21H26N4O/c1-4-20-22-10-12-25(20)16-7-6-11-24(14-16)18-13-15(2)23-21-17(18)8-5-9-19(21)26-3/h5,8-10,12-13,16H,4,6-7,11,14H2,1-3H3. The number of hydrogen-bond acceptors (Lipinski definition) is 4. The van der Waals surface area contributed by atoms with Crippen LogP contribution in [0.2, 0.25) is 0 Å². The molecule has 1 aromatic carbocycles. The van der Waals surface area contributed by atoms with E-state index in [0.29, 0.717) is 6.04 Å². The molecule has 5 nitrogen and oxygen atoms in total. The van der Waals surface area contributed by atoms with Crippen molar-refractivity contribution in [3.8, 4) is 5.75 Å². The van der Waals surface area contributed by atoms with Gasteiger partial charge in [-0.3, -0.25) is 0 Å². The first-order valence-electron chi connectivity index (χ1n) is 9.42. The summed E-state index contributed by atoms with van der Waals surface area (Å²) in [6.45, 7) is 6.30. The second-order valence-corrected chi connectivity index (χ2v) is 6.99. The van der Waals surface area contributed by atoms with Crippen LogP contribution in [0.4, 0.5) is 5.69 Å². The highest BCUT2D eigenvalue weighted by Crippen LogP contribution is 2.35. The van der Waals surface area contributed by atoms with Crippen LogP contribution in [-0.2, 0) is 6.42 Å². The largest absolute Gasteiger partial charge is 0.494 e. The Bertz CT molecular complexity index is 918. The second-order valence-electron chi connectivity index (χ2n) is 6.99. The molecule has 0 bridgehead atoms. The molecule has 1 unspecified atom stereocenters. The molecule has 0 N–H and O–H groups in total. The van der Waals surface area contributed by atoms with Crippen LogP contribution in [0.1, 0.15) is 37.3 Å². The van der Waals surface area contributed by atoms with Crippen molar-refractivity contribution in [2.24, 2.45) is 0 Å². The minimum Gasteiger partial charge on any atom is -0.494 e. The van der Waals surface area contributed by atoms with Gasteiger partial charge in [-0.2, -0.15) is 0 Å². The third-order valence-electron chi connectivity index (χ3n) is 5.32. The molecule has 1 fully saturated rings. The van der Waals surface area contributed by atoms with Crippen molar-refractivity contribution in [1.29, 1.82) is 0 Å². The Balaban J connectivity index is 1.73. The number of imidazole rings is 1. The van der Waals surface area contributed by atoms with Crippen molar-refractivity contribution >= 4 is 16.6 Å². The molecule has 4 rings (SSSR count). The van der Waals surface area contributed by atoms with Crippen molar-refractivity contribution in [2.75, 3.05) is 25.1 Å². The molecule has 0 radical (unpaired) electrons. The van der Waals surface area contributed by atoms with Crippen LogP contribution in [0.25, 0.3) is 10.9 Å². The van der Waals surface area contributed by atoms with Gasteiger partial charge in [0.2, 0.25) is 0 Å². The van der Waals surface area contributed by atoms with Crippen LogP contribution in [0.15, 0.2) is 36.7 Å². The van der Waals surface area contributed by atoms with E-state index in [-0.39, 0.29) is 0 Å². The van der Waals surface area contributed by atoms with Gasteiger partial charge >= 0.3 is 0 Å². The van der Waals surface area contributed by atoms with Crippen LogP contribution in [-0.4, -0.2) is 34.7 Å². The highest BCUT2D eigenvalue weighted by atomic mass is 16.5. The lowest BCUT2D eigenvalue weighted by Gasteiger charge is -2.36. The number of para-hydroxylation sites is 1. The maximum absolute atomic E-state index is 5.54. The van der Waals surface area contributed by atoms with Crippen LogP contribution in [0.5, 0.6) is 5.75 Å². The number of methoxy groups -OCH3 is 1. The Labute approximate surface area is 154 Å². The monoisotopic (exact) mass is 350 g/mol. The van der Waals surface area contributed by atoms with Gasteiger partial charge < -0.3 is 14.2 Å².